The zero-order valence-corrected chi connectivity index (χ0v) is 14.2. The number of anilines is 1. The zero-order valence-electron chi connectivity index (χ0n) is 11.9. The van der Waals surface area contributed by atoms with E-state index in [0.29, 0.717) is 23.1 Å². The van der Waals surface area contributed by atoms with Gasteiger partial charge in [0.15, 0.2) is 5.13 Å². The maximum atomic E-state index is 9.02. The van der Waals surface area contributed by atoms with Crippen LogP contribution in [0.25, 0.3) is 0 Å². The van der Waals surface area contributed by atoms with Crippen LogP contribution in [0, 0.1) is 0 Å². The summed E-state index contributed by atoms with van der Waals surface area (Å²) in [4.78, 5) is 4.98. The standard InChI is InChI=1S/C14H13Cl2N5OS/c15-12-2-1-9(3-13(12)16)6-21-7-10(19-20-21)4-17-14-18-5-11(8-22)23-14/h1-3,5,7,22H,4,6,8H2,(H,17,18). The Labute approximate surface area is 146 Å². The summed E-state index contributed by atoms with van der Waals surface area (Å²) < 4.78 is 1.73. The van der Waals surface area contributed by atoms with E-state index in [1.807, 2.05) is 18.3 Å². The van der Waals surface area contributed by atoms with E-state index < -0.39 is 0 Å². The molecule has 2 heterocycles. The molecule has 0 aliphatic heterocycles. The third-order valence-corrected chi connectivity index (χ3v) is 4.72. The molecule has 2 aromatic heterocycles. The second-order valence-corrected chi connectivity index (χ2v) is 6.73. The lowest BCUT2D eigenvalue weighted by molar-refractivity contribution is 0.285. The molecule has 6 nitrogen and oxygen atoms in total. The van der Waals surface area contributed by atoms with Crippen molar-refractivity contribution >= 4 is 39.7 Å². The summed E-state index contributed by atoms with van der Waals surface area (Å²) in [6.45, 7) is 1.08. The van der Waals surface area contributed by atoms with Crippen molar-refractivity contribution in [2.24, 2.45) is 0 Å². The smallest absolute Gasteiger partial charge is 0.183 e. The fourth-order valence-corrected chi connectivity index (χ4v) is 2.94. The molecule has 2 N–H and O–H groups in total. The van der Waals surface area contributed by atoms with Gasteiger partial charge >= 0.3 is 0 Å². The lowest BCUT2D eigenvalue weighted by Crippen LogP contribution is -2.00. The molecule has 0 unspecified atom stereocenters. The normalized spacial score (nSPS) is 10.9. The fraction of sp³-hybridized carbons (Fsp3) is 0.214. The van der Waals surface area contributed by atoms with Crippen molar-refractivity contribution in [3.63, 3.8) is 0 Å². The highest BCUT2D eigenvalue weighted by Crippen LogP contribution is 2.23. The Morgan fingerprint density at radius 2 is 2.13 bits per heavy atom. The van der Waals surface area contributed by atoms with Gasteiger partial charge in [-0.2, -0.15) is 0 Å². The average Bonchev–Trinajstić information content (AvgIpc) is 3.18. The van der Waals surface area contributed by atoms with Crippen LogP contribution in [-0.4, -0.2) is 25.1 Å². The van der Waals surface area contributed by atoms with Crippen LogP contribution in [0.2, 0.25) is 10.0 Å². The van der Waals surface area contributed by atoms with Crippen molar-refractivity contribution in [1.82, 2.24) is 20.0 Å². The lowest BCUT2D eigenvalue weighted by atomic mass is 10.2. The molecule has 0 aliphatic rings. The van der Waals surface area contributed by atoms with E-state index in [-0.39, 0.29) is 6.61 Å². The van der Waals surface area contributed by atoms with E-state index in [9.17, 15) is 0 Å². The Bertz CT molecular complexity index is 804. The second-order valence-electron chi connectivity index (χ2n) is 4.80. The number of aliphatic hydroxyl groups is 1. The van der Waals surface area contributed by atoms with Crippen LogP contribution < -0.4 is 5.32 Å². The third kappa shape index (κ3) is 4.20. The van der Waals surface area contributed by atoms with Crippen molar-refractivity contribution in [1.29, 1.82) is 0 Å². The summed E-state index contributed by atoms with van der Waals surface area (Å²) in [6.07, 6.45) is 3.50. The van der Waals surface area contributed by atoms with Gasteiger partial charge in [0.1, 0.15) is 5.69 Å². The van der Waals surface area contributed by atoms with Gasteiger partial charge in [0, 0.05) is 6.20 Å². The van der Waals surface area contributed by atoms with E-state index in [1.165, 1.54) is 11.3 Å². The van der Waals surface area contributed by atoms with E-state index in [4.69, 9.17) is 28.3 Å². The number of benzene rings is 1. The van der Waals surface area contributed by atoms with Crippen molar-refractivity contribution in [2.75, 3.05) is 5.32 Å². The summed E-state index contributed by atoms with van der Waals surface area (Å²) in [5, 5.41) is 22.2. The van der Waals surface area contributed by atoms with Gasteiger partial charge in [0.25, 0.3) is 0 Å². The molecule has 0 radical (unpaired) electrons. The summed E-state index contributed by atoms with van der Waals surface area (Å²) >= 11 is 13.3. The molecule has 9 heteroatoms. The minimum atomic E-state index is -0.000813. The third-order valence-electron chi connectivity index (χ3n) is 3.04. The monoisotopic (exact) mass is 369 g/mol. The van der Waals surface area contributed by atoms with Crippen LogP contribution in [0.4, 0.5) is 5.13 Å². The SMILES string of the molecule is OCc1cnc(NCc2cn(Cc3ccc(Cl)c(Cl)c3)nn2)s1. The number of thiazole rings is 1. The van der Waals surface area contributed by atoms with Crippen LogP contribution in [0.5, 0.6) is 0 Å². The van der Waals surface area contributed by atoms with Gasteiger partial charge < -0.3 is 10.4 Å². The number of hydrogen-bond acceptors (Lipinski definition) is 6. The Kier molecular flexibility index (Phi) is 5.12. The molecule has 23 heavy (non-hydrogen) atoms. The average molecular weight is 370 g/mol. The van der Waals surface area contributed by atoms with Crippen molar-refractivity contribution in [2.45, 2.75) is 19.7 Å². The van der Waals surface area contributed by atoms with Crippen LogP contribution in [0.1, 0.15) is 16.1 Å². The van der Waals surface area contributed by atoms with E-state index in [1.54, 1.807) is 16.9 Å². The predicted molar refractivity (Wildman–Crippen MR) is 90.9 cm³/mol. The summed E-state index contributed by atoms with van der Waals surface area (Å²) in [5.74, 6) is 0. The largest absolute Gasteiger partial charge is 0.391 e. The van der Waals surface area contributed by atoms with Crippen LogP contribution in [-0.2, 0) is 19.7 Å². The van der Waals surface area contributed by atoms with Gasteiger partial charge in [0.05, 0.1) is 40.8 Å². The molecule has 120 valence electrons. The second kappa shape index (κ2) is 7.27. The topological polar surface area (TPSA) is 75.9 Å². The molecule has 0 amide bonds. The summed E-state index contributed by atoms with van der Waals surface area (Å²) in [7, 11) is 0. The molecule has 0 spiro atoms. The highest BCUT2D eigenvalue weighted by Gasteiger charge is 2.05. The first-order chi connectivity index (χ1) is 11.1. The first-order valence-corrected chi connectivity index (χ1v) is 8.33. The van der Waals surface area contributed by atoms with E-state index in [2.05, 4.69) is 20.6 Å². The van der Waals surface area contributed by atoms with Gasteiger partial charge in [-0.05, 0) is 17.7 Å². The minimum Gasteiger partial charge on any atom is -0.391 e. The van der Waals surface area contributed by atoms with Gasteiger partial charge in [-0.15, -0.1) is 5.10 Å². The van der Waals surface area contributed by atoms with Crippen molar-refractivity contribution in [3.8, 4) is 0 Å². The number of aromatic nitrogens is 4. The predicted octanol–water partition coefficient (Wildman–Crippen LogP) is 3.19. The molecule has 3 aromatic rings. The number of nitrogens with one attached hydrogen (secondary N) is 1. The molecule has 1 aromatic carbocycles. The molecule has 0 bridgehead atoms. The minimum absolute atomic E-state index is 0.000813. The molecule has 3 rings (SSSR count). The Morgan fingerprint density at radius 3 is 2.87 bits per heavy atom. The van der Waals surface area contributed by atoms with Crippen molar-refractivity contribution in [3.05, 3.63) is 56.8 Å². The van der Waals surface area contributed by atoms with E-state index in [0.717, 1.165) is 21.3 Å². The summed E-state index contributed by atoms with van der Waals surface area (Å²) in [6, 6.07) is 5.48. The molecule has 0 saturated heterocycles. The quantitative estimate of drug-likeness (QED) is 0.697. The Hall–Kier alpha value is -1.67. The van der Waals surface area contributed by atoms with Crippen LogP contribution in [0.15, 0.2) is 30.6 Å². The Morgan fingerprint density at radius 1 is 1.26 bits per heavy atom. The lowest BCUT2D eigenvalue weighted by Gasteiger charge is -2.02. The summed E-state index contributed by atoms with van der Waals surface area (Å²) in [5.41, 5.74) is 1.79. The molecule has 0 saturated carbocycles. The van der Waals surface area contributed by atoms with Crippen molar-refractivity contribution < 1.29 is 5.11 Å². The highest BCUT2D eigenvalue weighted by molar-refractivity contribution is 7.15. The first kappa shape index (κ1) is 16.2. The molecule has 0 fully saturated rings. The van der Waals surface area contributed by atoms with Crippen LogP contribution in [0.3, 0.4) is 0 Å². The highest BCUT2D eigenvalue weighted by atomic mass is 35.5. The fourth-order valence-electron chi connectivity index (χ4n) is 1.95. The maximum absolute atomic E-state index is 9.02. The number of rotatable bonds is 6. The number of aliphatic hydroxyl groups excluding tert-OH is 1. The first-order valence-electron chi connectivity index (χ1n) is 6.76. The van der Waals surface area contributed by atoms with Gasteiger partial charge in [-0.25, -0.2) is 9.67 Å². The van der Waals surface area contributed by atoms with E-state index >= 15 is 0 Å². The number of nitrogens with zero attached hydrogens (tertiary/aromatic N) is 4. The molecular formula is C14H13Cl2N5OS. The number of hydrogen-bond donors (Lipinski definition) is 2. The maximum Gasteiger partial charge on any atom is 0.183 e. The van der Waals surface area contributed by atoms with Gasteiger partial charge in [0.2, 0.25) is 0 Å². The Balaban J connectivity index is 1.60. The van der Waals surface area contributed by atoms with Gasteiger partial charge in [-0.1, -0.05) is 45.8 Å². The number of halogens is 2. The van der Waals surface area contributed by atoms with Crippen LogP contribution >= 0.6 is 34.5 Å². The van der Waals surface area contributed by atoms with Gasteiger partial charge in [-0.3, -0.25) is 0 Å². The zero-order chi connectivity index (χ0) is 16.2. The molecule has 0 atom stereocenters. The molecular weight excluding hydrogens is 357 g/mol. The molecule has 0 aliphatic carbocycles.